The van der Waals surface area contributed by atoms with Crippen LogP contribution in [0.1, 0.15) is 30.6 Å². The average Bonchev–Trinajstić information content (AvgIpc) is 3.24. The van der Waals surface area contributed by atoms with E-state index in [1.54, 1.807) is 11.3 Å². The minimum absolute atomic E-state index is 0.0639. The van der Waals surface area contributed by atoms with E-state index in [2.05, 4.69) is 18.2 Å². The van der Waals surface area contributed by atoms with Gasteiger partial charge < -0.3 is 5.11 Å². The van der Waals surface area contributed by atoms with Crippen molar-refractivity contribution < 1.29 is 18.3 Å². The molecule has 1 fully saturated rings. The van der Waals surface area contributed by atoms with Gasteiger partial charge >= 0.3 is 5.97 Å². The fraction of sp³-hybridized carbons (Fsp3) is 0.316. The maximum Gasteiger partial charge on any atom is 0.305 e. The highest BCUT2D eigenvalue weighted by Crippen LogP contribution is 2.47. The summed E-state index contributed by atoms with van der Waals surface area (Å²) < 4.78 is 25.7. The quantitative estimate of drug-likeness (QED) is 0.669. The number of sulfone groups is 1. The largest absolute Gasteiger partial charge is 0.481 e. The summed E-state index contributed by atoms with van der Waals surface area (Å²) in [6, 6.07) is 12.0. The minimum Gasteiger partial charge on any atom is -0.481 e. The van der Waals surface area contributed by atoms with Crippen LogP contribution in [-0.2, 0) is 19.4 Å². The van der Waals surface area contributed by atoms with Crippen LogP contribution in [0.3, 0.4) is 0 Å². The summed E-state index contributed by atoms with van der Waals surface area (Å²) >= 11 is 3.09. The summed E-state index contributed by atoms with van der Waals surface area (Å²) in [5, 5.41) is 12.6. The van der Waals surface area contributed by atoms with Gasteiger partial charge in [0.05, 0.1) is 12.2 Å². The third kappa shape index (κ3) is 2.88. The van der Waals surface area contributed by atoms with Crippen LogP contribution in [0.25, 0.3) is 20.5 Å². The number of carboxylic acids is 1. The minimum atomic E-state index is -3.50. The van der Waals surface area contributed by atoms with Gasteiger partial charge in [-0.3, -0.25) is 4.79 Å². The predicted molar refractivity (Wildman–Crippen MR) is 107 cm³/mol. The third-order valence-corrected chi connectivity index (χ3v) is 10.0. The number of thiophene rings is 2. The van der Waals surface area contributed by atoms with E-state index in [1.807, 2.05) is 23.6 Å². The lowest BCUT2D eigenvalue weighted by Crippen LogP contribution is -2.41. The van der Waals surface area contributed by atoms with Gasteiger partial charge in [0, 0.05) is 14.5 Å². The zero-order valence-electron chi connectivity index (χ0n) is 14.0. The molecule has 3 heterocycles. The Balaban J connectivity index is 1.80. The Labute approximate surface area is 160 Å². The first-order chi connectivity index (χ1) is 12.4. The Hall–Kier alpha value is -1.70. The van der Waals surface area contributed by atoms with Crippen molar-refractivity contribution in [2.45, 2.75) is 30.4 Å². The van der Waals surface area contributed by atoms with Crippen molar-refractivity contribution in [3.63, 3.8) is 0 Å². The van der Waals surface area contributed by atoms with E-state index >= 15 is 0 Å². The molecule has 1 atom stereocenters. The van der Waals surface area contributed by atoms with Crippen LogP contribution in [-0.4, -0.2) is 25.2 Å². The second kappa shape index (κ2) is 6.48. The summed E-state index contributed by atoms with van der Waals surface area (Å²) in [5.74, 6) is -1.00. The molecule has 0 amide bonds. The molecule has 0 saturated carbocycles. The molecule has 1 aromatic carbocycles. The van der Waals surface area contributed by atoms with E-state index in [9.17, 15) is 18.3 Å². The van der Waals surface area contributed by atoms with Crippen LogP contribution in [0.4, 0.5) is 0 Å². The van der Waals surface area contributed by atoms with Crippen LogP contribution in [0, 0.1) is 0 Å². The topological polar surface area (TPSA) is 71.4 Å². The van der Waals surface area contributed by atoms with Crippen molar-refractivity contribution in [2.24, 2.45) is 0 Å². The summed E-state index contributed by atoms with van der Waals surface area (Å²) in [7, 11) is -3.50. The predicted octanol–water partition coefficient (Wildman–Crippen LogP) is 4.90. The van der Waals surface area contributed by atoms with Gasteiger partial charge in [0.15, 0.2) is 9.84 Å². The van der Waals surface area contributed by atoms with Gasteiger partial charge in [0.2, 0.25) is 0 Å². The molecule has 0 unspecified atom stereocenters. The molecule has 26 heavy (non-hydrogen) atoms. The van der Waals surface area contributed by atoms with Crippen molar-refractivity contribution in [3.8, 4) is 10.4 Å². The van der Waals surface area contributed by atoms with Crippen LogP contribution in [0.2, 0.25) is 0 Å². The molecule has 4 nitrogen and oxygen atoms in total. The van der Waals surface area contributed by atoms with Gasteiger partial charge in [-0.25, -0.2) is 8.42 Å². The molecule has 0 bridgehead atoms. The molecule has 136 valence electrons. The van der Waals surface area contributed by atoms with Gasteiger partial charge in [0.25, 0.3) is 0 Å². The molecule has 0 aliphatic carbocycles. The van der Waals surface area contributed by atoms with Crippen molar-refractivity contribution in [1.29, 1.82) is 0 Å². The Bertz CT molecular complexity index is 1080. The lowest BCUT2D eigenvalue weighted by molar-refractivity contribution is -0.137. The normalized spacial score (nSPS) is 22.5. The summed E-state index contributed by atoms with van der Waals surface area (Å²) in [5.41, 5.74) is 1.03. The van der Waals surface area contributed by atoms with Crippen LogP contribution >= 0.6 is 22.7 Å². The number of fused-ring (bicyclic) bond motifs is 1. The smallest absolute Gasteiger partial charge is 0.305 e. The molecule has 0 radical (unpaired) electrons. The highest BCUT2D eigenvalue weighted by atomic mass is 32.2. The standard InChI is InChI=1S/C19H18O4S3/c20-18(21)12-19(8-1-2-10-26(19,22)23)17-6-5-16(25-17)13-3-4-15-14(11-13)7-9-24-15/h3-7,9,11H,1-2,8,10,12H2,(H,20,21)/t19-/m0/s1. The summed E-state index contributed by atoms with van der Waals surface area (Å²) in [6.45, 7) is 0. The fourth-order valence-corrected chi connectivity index (χ4v) is 8.26. The number of aliphatic carboxylic acids is 1. The van der Waals surface area contributed by atoms with E-state index in [-0.39, 0.29) is 12.2 Å². The lowest BCUT2D eigenvalue weighted by Gasteiger charge is -2.34. The maximum absolute atomic E-state index is 12.9. The van der Waals surface area contributed by atoms with Crippen molar-refractivity contribution in [1.82, 2.24) is 0 Å². The SMILES string of the molecule is O=C(O)C[C@]1(c2ccc(-c3ccc4sccc4c3)s2)CCCCS1(=O)=O. The van der Waals surface area contributed by atoms with Gasteiger partial charge in [-0.1, -0.05) is 12.5 Å². The third-order valence-electron chi connectivity index (χ3n) is 5.07. The molecular formula is C19H18O4S3. The number of carbonyl (C=O) groups is 1. The highest BCUT2D eigenvalue weighted by molar-refractivity contribution is 7.92. The van der Waals surface area contributed by atoms with Crippen molar-refractivity contribution in [3.05, 3.63) is 46.7 Å². The van der Waals surface area contributed by atoms with Gasteiger partial charge in [-0.2, -0.15) is 0 Å². The van der Waals surface area contributed by atoms with E-state index in [4.69, 9.17) is 0 Å². The van der Waals surface area contributed by atoms with Crippen LogP contribution < -0.4 is 0 Å². The van der Waals surface area contributed by atoms with Gasteiger partial charge in [-0.15, -0.1) is 22.7 Å². The molecule has 1 aliphatic rings. The Morgan fingerprint density at radius 1 is 1.15 bits per heavy atom. The number of carboxylic acid groups (broad SMARTS) is 1. The molecular weight excluding hydrogens is 388 g/mol. The number of rotatable bonds is 4. The summed E-state index contributed by atoms with van der Waals surface area (Å²) in [4.78, 5) is 13.1. The van der Waals surface area contributed by atoms with E-state index in [0.29, 0.717) is 17.7 Å². The monoisotopic (exact) mass is 406 g/mol. The first-order valence-corrected chi connectivity index (χ1v) is 11.8. The van der Waals surface area contributed by atoms with Crippen molar-refractivity contribution >= 4 is 48.6 Å². The fourth-order valence-electron chi connectivity index (χ4n) is 3.72. The lowest BCUT2D eigenvalue weighted by atomic mass is 9.95. The maximum atomic E-state index is 12.9. The van der Waals surface area contributed by atoms with Crippen molar-refractivity contribution in [2.75, 3.05) is 5.75 Å². The van der Waals surface area contributed by atoms with Crippen LogP contribution in [0.15, 0.2) is 41.8 Å². The van der Waals surface area contributed by atoms with Crippen LogP contribution in [0.5, 0.6) is 0 Å². The highest BCUT2D eigenvalue weighted by Gasteiger charge is 2.49. The Morgan fingerprint density at radius 3 is 2.77 bits per heavy atom. The first-order valence-electron chi connectivity index (χ1n) is 8.43. The zero-order chi connectivity index (χ0) is 18.4. The molecule has 1 aliphatic heterocycles. The van der Waals surface area contributed by atoms with E-state index in [0.717, 1.165) is 22.2 Å². The molecule has 0 spiro atoms. The van der Waals surface area contributed by atoms with Gasteiger partial charge in [-0.05, 0) is 59.5 Å². The number of benzene rings is 1. The molecule has 1 N–H and O–H groups in total. The average molecular weight is 407 g/mol. The summed E-state index contributed by atoms with van der Waals surface area (Å²) in [6.07, 6.45) is 1.36. The molecule has 1 saturated heterocycles. The molecule has 3 aromatic rings. The van der Waals surface area contributed by atoms with E-state index in [1.165, 1.54) is 16.0 Å². The Morgan fingerprint density at radius 2 is 2.00 bits per heavy atom. The second-order valence-corrected chi connectivity index (χ2v) is 11.1. The van der Waals surface area contributed by atoms with Gasteiger partial charge in [0.1, 0.15) is 4.75 Å². The zero-order valence-corrected chi connectivity index (χ0v) is 16.4. The second-order valence-electron chi connectivity index (χ2n) is 6.68. The number of hydrogen-bond donors (Lipinski definition) is 1. The van der Waals surface area contributed by atoms with E-state index < -0.39 is 20.6 Å². The molecule has 7 heteroatoms. The molecule has 4 rings (SSSR count). The Kier molecular flexibility index (Phi) is 4.41. The molecule has 2 aromatic heterocycles. The number of hydrogen-bond acceptors (Lipinski definition) is 5. The first kappa shape index (κ1) is 17.7.